The van der Waals surface area contributed by atoms with E-state index >= 15 is 0 Å². The van der Waals surface area contributed by atoms with Gasteiger partial charge in [0.05, 0.1) is 0 Å². The van der Waals surface area contributed by atoms with Crippen molar-refractivity contribution >= 4 is 17.9 Å². The minimum atomic E-state index is -1.01. The smallest absolute Gasteiger partial charge is 0.323 e. The third-order valence-corrected chi connectivity index (χ3v) is 4.08. The Balaban J connectivity index is 4.92. The fraction of sp³-hybridized carbons (Fsp3) is 0.833. The van der Waals surface area contributed by atoms with Crippen LogP contribution >= 0.6 is 0 Å². The summed E-state index contributed by atoms with van der Waals surface area (Å²) >= 11 is 0. The highest BCUT2D eigenvalue weighted by Gasteiger charge is 2.27. The number of esters is 3. The maximum absolute atomic E-state index is 12.1. The van der Waals surface area contributed by atoms with Crippen molar-refractivity contribution in [3.8, 4) is 0 Å². The summed E-state index contributed by atoms with van der Waals surface area (Å²) in [5.41, 5.74) is 17.2. The molecule has 3 atom stereocenters. The van der Waals surface area contributed by atoms with Crippen LogP contribution in [0.2, 0.25) is 0 Å². The summed E-state index contributed by atoms with van der Waals surface area (Å²) < 4.78 is 15.5. The molecule has 0 saturated heterocycles. The Labute approximate surface area is 161 Å². The zero-order valence-electron chi connectivity index (χ0n) is 17.1. The van der Waals surface area contributed by atoms with E-state index in [0.717, 1.165) is 0 Å². The van der Waals surface area contributed by atoms with E-state index in [9.17, 15) is 14.4 Å². The van der Waals surface area contributed by atoms with Gasteiger partial charge < -0.3 is 31.4 Å². The number of hydrogen-bond donors (Lipinski definition) is 3. The molecule has 0 aromatic heterocycles. The molecule has 27 heavy (non-hydrogen) atoms. The van der Waals surface area contributed by atoms with Gasteiger partial charge >= 0.3 is 17.9 Å². The highest BCUT2D eigenvalue weighted by atomic mass is 16.6. The SMILES string of the molecule is CC(C)C(N)C(=O)OCC(COC(=O)C(N)C(C)C)OC(=O)C(N)C(C)C. The first-order valence-corrected chi connectivity index (χ1v) is 9.18. The fourth-order valence-corrected chi connectivity index (χ4v) is 1.72. The highest BCUT2D eigenvalue weighted by molar-refractivity contribution is 5.77. The summed E-state index contributed by atoms with van der Waals surface area (Å²) in [5, 5.41) is 0. The van der Waals surface area contributed by atoms with Crippen molar-refractivity contribution < 1.29 is 28.6 Å². The Morgan fingerprint density at radius 1 is 0.630 bits per heavy atom. The van der Waals surface area contributed by atoms with E-state index in [1.807, 2.05) is 0 Å². The molecule has 9 nitrogen and oxygen atoms in total. The third-order valence-electron chi connectivity index (χ3n) is 4.08. The lowest BCUT2D eigenvalue weighted by Gasteiger charge is -2.23. The van der Waals surface area contributed by atoms with Gasteiger partial charge in [0.2, 0.25) is 0 Å². The van der Waals surface area contributed by atoms with Gasteiger partial charge in [-0.3, -0.25) is 14.4 Å². The number of nitrogens with two attached hydrogens (primary N) is 3. The van der Waals surface area contributed by atoms with Crippen LogP contribution in [-0.2, 0) is 28.6 Å². The highest BCUT2D eigenvalue weighted by Crippen LogP contribution is 2.08. The Kier molecular flexibility index (Phi) is 11.1. The Bertz CT molecular complexity index is 465. The Hall–Kier alpha value is -1.71. The van der Waals surface area contributed by atoms with E-state index in [1.165, 1.54) is 0 Å². The topological polar surface area (TPSA) is 157 Å². The summed E-state index contributed by atoms with van der Waals surface area (Å²) in [6.45, 7) is 10.0. The molecule has 0 amide bonds. The van der Waals surface area contributed by atoms with Crippen molar-refractivity contribution in [2.75, 3.05) is 13.2 Å². The number of hydrogen-bond acceptors (Lipinski definition) is 9. The second-order valence-corrected chi connectivity index (χ2v) is 7.63. The van der Waals surface area contributed by atoms with Crippen LogP contribution < -0.4 is 17.2 Å². The third kappa shape index (κ3) is 9.16. The number of carbonyl (C=O) groups is 3. The summed E-state index contributed by atoms with van der Waals surface area (Å²) in [6, 6.07) is -2.47. The van der Waals surface area contributed by atoms with Crippen LogP contribution in [0.5, 0.6) is 0 Å². The van der Waals surface area contributed by atoms with Gasteiger partial charge in [-0.1, -0.05) is 41.5 Å². The molecule has 0 aliphatic heterocycles. The molecular formula is C18H35N3O6. The molecule has 6 N–H and O–H groups in total. The van der Waals surface area contributed by atoms with Crippen LogP contribution in [0.4, 0.5) is 0 Å². The average molecular weight is 389 g/mol. The second kappa shape index (κ2) is 11.9. The molecule has 0 aromatic carbocycles. The first kappa shape index (κ1) is 25.3. The standard InChI is InChI=1S/C18H35N3O6/c1-9(2)13(19)16(22)25-7-12(27-18(24)15(21)11(5)6)8-26-17(23)14(20)10(3)4/h9-15H,7-8,19-21H2,1-6H3. The minimum Gasteiger partial charge on any atom is -0.460 e. The zero-order chi connectivity index (χ0) is 21.3. The Morgan fingerprint density at radius 2 is 0.926 bits per heavy atom. The van der Waals surface area contributed by atoms with Crippen molar-refractivity contribution in [1.82, 2.24) is 0 Å². The normalized spacial score (nSPS) is 16.0. The van der Waals surface area contributed by atoms with E-state index in [-0.39, 0.29) is 31.0 Å². The van der Waals surface area contributed by atoms with Crippen LogP contribution in [-0.4, -0.2) is 55.4 Å². The first-order valence-electron chi connectivity index (χ1n) is 9.18. The van der Waals surface area contributed by atoms with Crippen LogP contribution in [0, 0.1) is 17.8 Å². The lowest BCUT2D eigenvalue weighted by atomic mass is 10.1. The van der Waals surface area contributed by atoms with E-state index in [2.05, 4.69) is 0 Å². The molecule has 9 heteroatoms. The van der Waals surface area contributed by atoms with Gasteiger partial charge in [0.1, 0.15) is 31.3 Å². The van der Waals surface area contributed by atoms with Crippen molar-refractivity contribution in [3.05, 3.63) is 0 Å². The summed E-state index contributed by atoms with van der Waals surface area (Å²) in [7, 11) is 0. The molecule has 158 valence electrons. The van der Waals surface area contributed by atoms with Gasteiger partial charge in [0, 0.05) is 0 Å². The molecule has 0 saturated carbocycles. The molecule has 0 aromatic rings. The van der Waals surface area contributed by atoms with E-state index < -0.39 is 42.1 Å². The van der Waals surface area contributed by atoms with Crippen LogP contribution in [0.1, 0.15) is 41.5 Å². The van der Waals surface area contributed by atoms with Gasteiger partial charge in [-0.25, -0.2) is 0 Å². The van der Waals surface area contributed by atoms with Gasteiger partial charge in [-0.15, -0.1) is 0 Å². The lowest BCUT2D eigenvalue weighted by molar-refractivity contribution is -0.169. The predicted molar refractivity (Wildman–Crippen MR) is 100 cm³/mol. The average Bonchev–Trinajstić information content (AvgIpc) is 2.60. The fourth-order valence-electron chi connectivity index (χ4n) is 1.72. The van der Waals surface area contributed by atoms with Crippen molar-refractivity contribution in [2.24, 2.45) is 35.0 Å². The summed E-state index contributed by atoms with van der Waals surface area (Å²) in [4.78, 5) is 35.9. The van der Waals surface area contributed by atoms with Crippen LogP contribution in [0.3, 0.4) is 0 Å². The van der Waals surface area contributed by atoms with Crippen LogP contribution in [0.15, 0.2) is 0 Å². The van der Waals surface area contributed by atoms with E-state index in [1.54, 1.807) is 41.5 Å². The molecule has 0 heterocycles. The van der Waals surface area contributed by atoms with Gasteiger partial charge in [0.15, 0.2) is 6.10 Å². The largest absolute Gasteiger partial charge is 0.460 e. The quantitative estimate of drug-likeness (QED) is 0.325. The lowest BCUT2D eigenvalue weighted by Crippen LogP contribution is -2.44. The van der Waals surface area contributed by atoms with Gasteiger partial charge in [-0.2, -0.15) is 0 Å². The number of ether oxygens (including phenoxy) is 3. The molecule has 0 fully saturated rings. The van der Waals surface area contributed by atoms with E-state index in [4.69, 9.17) is 31.4 Å². The van der Waals surface area contributed by atoms with Gasteiger partial charge in [-0.05, 0) is 17.8 Å². The Morgan fingerprint density at radius 3 is 1.22 bits per heavy atom. The first-order chi connectivity index (χ1) is 12.4. The van der Waals surface area contributed by atoms with Crippen LogP contribution in [0.25, 0.3) is 0 Å². The minimum absolute atomic E-state index is 0.116. The maximum atomic E-state index is 12.1. The summed E-state index contributed by atoms with van der Waals surface area (Å²) in [6.07, 6.45) is -1.01. The monoisotopic (exact) mass is 389 g/mol. The number of rotatable bonds is 11. The van der Waals surface area contributed by atoms with Crippen molar-refractivity contribution in [2.45, 2.75) is 65.8 Å². The predicted octanol–water partition coefficient (Wildman–Crippen LogP) is -0.0655. The number of carbonyl (C=O) groups excluding carboxylic acids is 3. The molecule has 0 aliphatic carbocycles. The molecular weight excluding hydrogens is 354 g/mol. The zero-order valence-corrected chi connectivity index (χ0v) is 17.1. The molecule has 0 bridgehead atoms. The molecule has 3 unspecified atom stereocenters. The molecule has 0 rings (SSSR count). The molecule has 0 aliphatic rings. The molecule has 0 spiro atoms. The van der Waals surface area contributed by atoms with Gasteiger partial charge in [0.25, 0.3) is 0 Å². The molecule has 0 radical (unpaired) electrons. The van der Waals surface area contributed by atoms with Crippen molar-refractivity contribution in [3.63, 3.8) is 0 Å². The van der Waals surface area contributed by atoms with E-state index in [0.29, 0.717) is 0 Å². The summed E-state index contributed by atoms with van der Waals surface area (Å²) in [5.74, 6) is -2.33. The van der Waals surface area contributed by atoms with Crippen molar-refractivity contribution in [1.29, 1.82) is 0 Å². The maximum Gasteiger partial charge on any atom is 0.323 e. The second-order valence-electron chi connectivity index (χ2n) is 7.63.